The third kappa shape index (κ3) is 4.91. The van der Waals surface area contributed by atoms with Crippen molar-refractivity contribution in [3.05, 3.63) is 58.3 Å². The number of hydrogen-bond acceptors (Lipinski definition) is 6. The van der Waals surface area contributed by atoms with Gasteiger partial charge in [-0.25, -0.2) is 0 Å². The zero-order chi connectivity index (χ0) is 20.9. The van der Waals surface area contributed by atoms with Gasteiger partial charge in [-0.05, 0) is 55.9 Å². The molecule has 0 aliphatic carbocycles. The van der Waals surface area contributed by atoms with Crippen LogP contribution in [0.1, 0.15) is 31.2 Å². The van der Waals surface area contributed by atoms with Gasteiger partial charge < -0.3 is 9.42 Å². The molecule has 0 unspecified atom stereocenters. The molecule has 30 heavy (non-hydrogen) atoms. The summed E-state index contributed by atoms with van der Waals surface area (Å²) >= 11 is 7.85. The topological polar surface area (TPSA) is 62.5 Å². The molecule has 0 atom stereocenters. The molecule has 8 heteroatoms. The lowest BCUT2D eigenvalue weighted by Crippen LogP contribution is -2.42. The third-order valence-electron chi connectivity index (χ3n) is 5.52. The van der Waals surface area contributed by atoms with Crippen molar-refractivity contribution in [2.75, 3.05) is 19.6 Å². The van der Waals surface area contributed by atoms with Crippen LogP contribution in [0.15, 0.2) is 46.3 Å². The molecule has 0 spiro atoms. The van der Waals surface area contributed by atoms with Crippen molar-refractivity contribution in [1.29, 1.82) is 0 Å². The standard InChI is InChI=1S/C22H25ClN4O2S/c1-2-27(15-20-24-21(25-29-20)19-8-5-13-30-19)22(28)16-9-11-26(12-10-16)14-17-6-3-4-7-18(17)23/h3-8,13,16H,2,9-12,14-15H2,1H3. The van der Waals surface area contributed by atoms with E-state index in [1.54, 1.807) is 11.3 Å². The Kier molecular flexibility index (Phi) is 6.82. The Labute approximate surface area is 185 Å². The van der Waals surface area contributed by atoms with Crippen LogP contribution in [0.25, 0.3) is 10.7 Å². The van der Waals surface area contributed by atoms with E-state index in [-0.39, 0.29) is 11.8 Å². The second kappa shape index (κ2) is 9.73. The molecule has 3 aromatic rings. The molecule has 4 rings (SSSR count). The number of thiophene rings is 1. The number of aromatic nitrogens is 2. The van der Waals surface area contributed by atoms with Crippen LogP contribution in [0.5, 0.6) is 0 Å². The van der Waals surface area contributed by atoms with E-state index in [0.29, 0.717) is 24.8 Å². The SMILES string of the molecule is CCN(Cc1nc(-c2cccs2)no1)C(=O)C1CCN(Cc2ccccc2Cl)CC1. The molecule has 0 bridgehead atoms. The van der Waals surface area contributed by atoms with Gasteiger partial charge in [-0.2, -0.15) is 4.98 Å². The van der Waals surface area contributed by atoms with E-state index in [0.717, 1.165) is 47.9 Å². The Morgan fingerprint density at radius 1 is 1.27 bits per heavy atom. The molecule has 0 N–H and O–H groups in total. The first-order chi connectivity index (χ1) is 14.6. The van der Waals surface area contributed by atoms with Gasteiger partial charge in [0.25, 0.3) is 0 Å². The Bertz CT molecular complexity index is 967. The Balaban J connectivity index is 1.32. The summed E-state index contributed by atoms with van der Waals surface area (Å²) in [5.74, 6) is 1.26. The summed E-state index contributed by atoms with van der Waals surface area (Å²) in [7, 11) is 0. The molecule has 2 aromatic heterocycles. The average Bonchev–Trinajstić information content (AvgIpc) is 3.46. The van der Waals surface area contributed by atoms with Crippen molar-refractivity contribution in [3.63, 3.8) is 0 Å². The van der Waals surface area contributed by atoms with Crippen LogP contribution >= 0.6 is 22.9 Å². The van der Waals surface area contributed by atoms with Crippen molar-refractivity contribution < 1.29 is 9.32 Å². The second-order valence-electron chi connectivity index (χ2n) is 7.48. The number of carbonyl (C=O) groups excluding carboxylic acids is 1. The van der Waals surface area contributed by atoms with Crippen LogP contribution in [-0.2, 0) is 17.9 Å². The highest BCUT2D eigenvalue weighted by atomic mass is 35.5. The van der Waals surface area contributed by atoms with Crippen molar-refractivity contribution >= 4 is 28.8 Å². The number of benzene rings is 1. The summed E-state index contributed by atoms with van der Waals surface area (Å²) < 4.78 is 5.38. The van der Waals surface area contributed by atoms with Crippen LogP contribution in [0, 0.1) is 5.92 Å². The normalized spacial score (nSPS) is 15.4. The number of likely N-dealkylation sites (tertiary alicyclic amines) is 1. The molecule has 1 aliphatic rings. The van der Waals surface area contributed by atoms with Gasteiger partial charge in [-0.1, -0.05) is 41.0 Å². The van der Waals surface area contributed by atoms with Crippen molar-refractivity contribution in [2.45, 2.75) is 32.9 Å². The summed E-state index contributed by atoms with van der Waals surface area (Å²) in [6.45, 7) is 5.57. The Morgan fingerprint density at radius 3 is 2.77 bits per heavy atom. The Morgan fingerprint density at radius 2 is 2.07 bits per heavy atom. The van der Waals surface area contributed by atoms with E-state index in [1.807, 2.05) is 47.5 Å². The summed E-state index contributed by atoms with van der Waals surface area (Å²) in [5, 5.41) is 6.82. The summed E-state index contributed by atoms with van der Waals surface area (Å²) in [4.78, 5) is 22.7. The largest absolute Gasteiger partial charge is 0.337 e. The zero-order valence-corrected chi connectivity index (χ0v) is 18.5. The predicted molar refractivity (Wildman–Crippen MR) is 118 cm³/mol. The predicted octanol–water partition coefficient (Wildman–Crippen LogP) is 4.71. The van der Waals surface area contributed by atoms with Gasteiger partial charge in [0.15, 0.2) is 0 Å². The minimum atomic E-state index is 0.0344. The van der Waals surface area contributed by atoms with Crippen molar-refractivity contribution in [2.24, 2.45) is 5.92 Å². The smallest absolute Gasteiger partial charge is 0.246 e. The monoisotopic (exact) mass is 444 g/mol. The van der Waals surface area contributed by atoms with E-state index < -0.39 is 0 Å². The minimum Gasteiger partial charge on any atom is -0.337 e. The van der Waals surface area contributed by atoms with Gasteiger partial charge in [-0.3, -0.25) is 9.69 Å². The molecule has 1 aromatic carbocycles. The van der Waals surface area contributed by atoms with Gasteiger partial charge in [0.05, 0.1) is 11.4 Å². The van der Waals surface area contributed by atoms with E-state index in [9.17, 15) is 4.79 Å². The first-order valence-electron chi connectivity index (χ1n) is 10.2. The van der Waals surface area contributed by atoms with Crippen LogP contribution in [0.3, 0.4) is 0 Å². The quantitative estimate of drug-likeness (QED) is 0.528. The van der Waals surface area contributed by atoms with Gasteiger partial charge in [0.2, 0.25) is 17.6 Å². The highest BCUT2D eigenvalue weighted by Crippen LogP contribution is 2.25. The molecular formula is C22H25ClN4O2S. The molecule has 0 radical (unpaired) electrons. The highest BCUT2D eigenvalue weighted by molar-refractivity contribution is 7.13. The summed E-state index contributed by atoms with van der Waals surface area (Å²) in [5.41, 5.74) is 1.14. The van der Waals surface area contributed by atoms with Crippen LogP contribution in [-0.4, -0.2) is 45.5 Å². The van der Waals surface area contributed by atoms with Crippen LogP contribution in [0.4, 0.5) is 0 Å². The molecule has 6 nitrogen and oxygen atoms in total. The van der Waals surface area contributed by atoms with E-state index >= 15 is 0 Å². The first kappa shape index (κ1) is 21.0. The number of halogens is 1. The number of carbonyl (C=O) groups is 1. The fourth-order valence-electron chi connectivity index (χ4n) is 3.80. The average molecular weight is 445 g/mol. The number of hydrogen-bond donors (Lipinski definition) is 0. The molecule has 1 amide bonds. The Hall–Kier alpha value is -2.22. The lowest BCUT2D eigenvalue weighted by Gasteiger charge is -2.33. The van der Waals surface area contributed by atoms with Gasteiger partial charge in [0.1, 0.15) is 0 Å². The first-order valence-corrected chi connectivity index (χ1v) is 11.5. The summed E-state index contributed by atoms with van der Waals surface area (Å²) in [6.07, 6.45) is 1.70. The summed E-state index contributed by atoms with van der Waals surface area (Å²) in [6, 6.07) is 11.9. The molecule has 1 saturated heterocycles. The number of piperidine rings is 1. The van der Waals surface area contributed by atoms with Gasteiger partial charge >= 0.3 is 0 Å². The third-order valence-corrected chi connectivity index (χ3v) is 6.75. The van der Waals surface area contributed by atoms with E-state index in [2.05, 4.69) is 21.1 Å². The second-order valence-corrected chi connectivity index (χ2v) is 8.84. The van der Waals surface area contributed by atoms with E-state index in [4.69, 9.17) is 16.1 Å². The fraction of sp³-hybridized carbons (Fsp3) is 0.409. The zero-order valence-electron chi connectivity index (χ0n) is 17.0. The lowest BCUT2D eigenvalue weighted by atomic mass is 9.95. The minimum absolute atomic E-state index is 0.0344. The highest BCUT2D eigenvalue weighted by Gasteiger charge is 2.29. The molecule has 3 heterocycles. The van der Waals surface area contributed by atoms with Crippen molar-refractivity contribution in [3.8, 4) is 10.7 Å². The number of amides is 1. The molecule has 1 aliphatic heterocycles. The maximum Gasteiger partial charge on any atom is 0.246 e. The number of nitrogens with zero attached hydrogens (tertiary/aromatic N) is 4. The van der Waals surface area contributed by atoms with Crippen molar-refractivity contribution in [1.82, 2.24) is 19.9 Å². The number of rotatable bonds is 7. The molecule has 158 valence electrons. The molecular weight excluding hydrogens is 420 g/mol. The van der Waals surface area contributed by atoms with Crippen LogP contribution in [0.2, 0.25) is 5.02 Å². The maximum absolute atomic E-state index is 13.1. The van der Waals surface area contributed by atoms with Gasteiger partial charge in [-0.15, -0.1) is 11.3 Å². The molecule has 1 fully saturated rings. The maximum atomic E-state index is 13.1. The van der Waals surface area contributed by atoms with Gasteiger partial charge in [0, 0.05) is 24.0 Å². The van der Waals surface area contributed by atoms with E-state index in [1.165, 1.54) is 0 Å². The molecule has 0 saturated carbocycles. The van der Waals surface area contributed by atoms with Crippen LogP contribution < -0.4 is 0 Å². The fourth-order valence-corrected chi connectivity index (χ4v) is 4.64. The lowest BCUT2D eigenvalue weighted by molar-refractivity contribution is -0.137.